The van der Waals surface area contributed by atoms with E-state index in [0.717, 1.165) is 11.6 Å². The molecule has 1 N–H and O–H groups in total. The van der Waals surface area contributed by atoms with E-state index >= 15 is 0 Å². The first-order chi connectivity index (χ1) is 6.94. The van der Waals surface area contributed by atoms with Gasteiger partial charge in [0.25, 0.3) is 5.91 Å². The molecule has 0 saturated heterocycles. The maximum absolute atomic E-state index is 11.6. The number of rotatable bonds is 3. The van der Waals surface area contributed by atoms with E-state index in [1.165, 1.54) is 5.56 Å². The summed E-state index contributed by atoms with van der Waals surface area (Å²) in [6.45, 7) is 6.94. The van der Waals surface area contributed by atoms with E-state index < -0.39 is 8.07 Å². The number of nitrogens with one attached hydrogen (secondary N) is 1. The van der Waals surface area contributed by atoms with Gasteiger partial charge in [0.05, 0.1) is 0 Å². The van der Waals surface area contributed by atoms with Crippen molar-refractivity contribution in [1.82, 2.24) is 5.32 Å². The van der Waals surface area contributed by atoms with Crippen molar-refractivity contribution in [3.05, 3.63) is 35.4 Å². The molecular formula is C12H19NOSi. The lowest BCUT2D eigenvalue weighted by Gasteiger charge is -2.17. The zero-order chi connectivity index (χ0) is 11.5. The van der Waals surface area contributed by atoms with E-state index in [4.69, 9.17) is 0 Å². The molecular weight excluding hydrogens is 202 g/mol. The maximum Gasteiger partial charge on any atom is 0.251 e. The fourth-order valence-electron chi connectivity index (χ4n) is 1.60. The molecule has 0 unspecified atom stereocenters. The molecule has 0 atom stereocenters. The van der Waals surface area contributed by atoms with Crippen LogP contribution in [0.4, 0.5) is 0 Å². The summed E-state index contributed by atoms with van der Waals surface area (Å²) in [4.78, 5) is 11.6. The first-order valence-electron chi connectivity index (χ1n) is 5.24. The number of carbonyl (C=O) groups is 1. The predicted octanol–water partition coefficient (Wildman–Crippen LogP) is 2.47. The van der Waals surface area contributed by atoms with Crippen LogP contribution in [0, 0.1) is 0 Å². The van der Waals surface area contributed by atoms with Gasteiger partial charge < -0.3 is 5.32 Å². The minimum Gasteiger partial charge on any atom is -0.355 e. The first-order valence-corrected chi connectivity index (χ1v) is 8.95. The van der Waals surface area contributed by atoms with Crippen molar-refractivity contribution in [3.8, 4) is 0 Å². The van der Waals surface area contributed by atoms with Crippen molar-refractivity contribution in [2.45, 2.75) is 25.7 Å². The van der Waals surface area contributed by atoms with Gasteiger partial charge in [0.15, 0.2) is 0 Å². The fourth-order valence-corrected chi connectivity index (χ4v) is 3.05. The normalized spacial score (nSPS) is 11.2. The lowest BCUT2D eigenvalue weighted by atomic mass is 10.1. The Kier molecular flexibility index (Phi) is 3.69. The van der Waals surface area contributed by atoms with Gasteiger partial charge in [0.2, 0.25) is 0 Å². The van der Waals surface area contributed by atoms with Crippen LogP contribution in [0.2, 0.25) is 19.6 Å². The summed E-state index contributed by atoms with van der Waals surface area (Å²) in [5.41, 5.74) is 2.00. The minimum absolute atomic E-state index is 0.0175. The highest BCUT2D eigenvalue weighted by atomic mass is 28.3. The van der Waals surface area contributed by atoms with Crippen LogP contribution in [-0.2, 0) is 6.04 Å². The molecule has 0 spiro atoms. The Bertz CT molecular complexity index is 355. The number of amides is 1. The van der Waals surface area contributed by atoms with Crippen molar-refractivity contribution in [2.24, 2.45) is 0 Å². The van der Waals surface area contributed by atoms with Crippen molar-refractivity contribution in [3.63, 3.8) is 0 Å². The lowest BCUT2D eigenvalue weighted by molar-refractivity contribution is 0.0962. The van der Waals surface area contributed by atoms with E-state index in [1.54, 1.807) is 7.05 Å². The van der Waals surface area contributed by atoms with Gasteiger partial charge in [-0.25, -0.2) is 0 Å². The Morgan fingerprint density at radius 3 is 2.40 bits per heavy atom. The second-order valence-corrected chi connectivity index (χ2v) is 10.4. The van der Waals surface area contributed by atoms with Gasteiger partial charge in [-0.3, -0.25) is 4.79 Å². The molecule has 3 heteroatoms. The summed E-state index contributed by atoms with van der Waals surface area (Å²) >= 11 is 0. The largest absolute Gasteiger partial charge is 0.355 e. The van der Waals surface area contributed by atoms with Crippen molar-refractivity contribution < 1.29 is 4.79 Å². The highest BCUT2D eigenvalue weighted by Crippen LogP contribution is 2.15. The summed E-state index contributed by atoms with van der Waals surface area (Å²) in [5.74, 6) is 0.0175. The molecule has 0 aromatic heterocycles. The van der Waals surface area contributed by atoms with Crippen LogP contribution < -0.4 is 5.32 Å². The van der Waals surface area contributed by atoms with Crippen LogP contribution in [0.3, 0.4) is 0 Å². The zero-order valence-electron chi connectivity index (χ0n) is 9.92. The molecule has 15 heavy (non-hydrogen) atoms. The predicted molar refractivity (Wildman–Crippen MR) is 66.9 cm³/mol. The second-order valence-electron chi connectivity index (χ2n) is 4.97. The number of carbonyl (C=O) groups excluding carboxylic acids is 1. The van der Waals surface area contributed by atoms with E-state index in [0.29, 0.717) is 0 Å². The average Bonchev–Trinajstić information content (AvgIpc) is 2.15. The molecule has 0 aliphatic heterocycles. The minimum atomic E-state index is -1.17. The van der Waals surface area contributed by atoms with Crippen LogP contribution in [0.1, 0.15) is 15.9 Å². The zero-order valence-corrected chi connectivity index (χ0v) is 10.9. The number of hydrogen-bond donors (Lipinski definition) is 1. The monoisotopic (exact) mass is 221 g/mol. The second kappa shape index (κ2) is 4.62. The molecule has 2 nitrogen and oxygen atoms in total. The highest BCUT2D eigenvalue weighted by molar-refractivity contribution is 6.75. The van der Waals surface area contributed by atoms with Crippen molar-refractivity contribution in [1.29, 1.82) is 0 Å². The van der Waals surface area contributed by atoms with E-state index in [2.05, 4.69) is 31.0 Å². The van der Waals surface area contributed by atoms with Gasteiger partial charge >= 0.3 is 0 Å². The van der Waals surface area contributed by atoms with Crippen LogP contribution in [0.15, 0.2) is 24.3 Å². The Morgan fingerprint density at radius 2 is 1.87 bits per heavy atom. The van der Waals surface area contributed by atoms with Gasteiger partial charge in [0, 0.05) is 20.7 Å². The van der Waals surface area contributed by atoms with Gasteiger partial charge in [-0.1, -0.05) is 37.8 Å². The quantitative estimate of drug-likeness (QED) is 0.781. The molecule has 0 bridgehead atoms. The Balaban J connectivity index is 3.02. The molecule has 0 aliphatic carbocycles. The van der Waals surface area contributed by atoms with Crippen molar-refractivity contribution >= 4 is 14.0 Å². The maximum atomic E-state index is 11.6. The smallest absolute Gasteiger partial charge is 0.251 e. The van der Waals surface area contributed by atoms with Gasteiger partial charge in [-0.15, -0.1) is 0 Å². The molecule has 82 valence electrons. The summed E-state index contributed by atoms with van der Waals surface area (Å²) < 4.78 is 0. The summed E-state index contributed by atoms with van der Waals surface area (Å²) in [6, 6.07) is 8.92. The molecule has 1 rings (SSSR count). The molecule has 0 heterocycles. The third-order valence-electron chi connectivity index (χ3n) is 2.21. The standard InChI is InChI=1S/C12H19NOSi/c1-13-12(14)11-8-6-5-7-10(11)9-15(2,3)4/h5-8H,9H2,1-4H3,(H,13,14). The molecule has 1 amide bonds. The number of hydrogen-bond acceptors (Lipinski definition) is 1. The number of benzene rings is 1. The molecule has 1 aromatic rings. The van der Waals surface area contributed by atoms with Crippen LogP contribution in [0.25, 0.3) is 0 Å². The third-order valence-corrected chi connectivity index (χ3v) is 3.65. The summed E-state index contributed by atoms with van der Waals surface area (Å²) in [5, 5.41) is 2.68. The topological polar surface area (TPSA) is 29.1 Å². The first kappa shape index (κ1) is 12.0. The molecule has 0 fully saturated rings. The van der Waals surface area contributed by atoms with Gasteiger partial charge in [0.1, 0.15) is 0 Å². The Hall–Kier alpha value is -1.09. The van der Waals surface area contributed by atoms with E-state index in [9.17, 15) is 4.79 Å². The average molecular weight is 221 g/mol. The third kappa shape index (κ3) is 3.51. The Morgan fingerprint density at radius 1 is 1.27 bits per heavy atom. The molecule has 0 aliphatic rings. The van der Waals surface area contributed by atoms with Crippen molar-refractivity contribution in [2.75, 3.05) is 7.05 Å². The summed E-state index contributed by atoms with van der Waals surface area (Å²) in [6.07, 6.45) is 0. The summed E-state index contributed by atoms with van der Waals surface area (Å²) in [7, 11) is 0.506. The molecule has 1 aromatic carbocycles. The van der Waals surface area contributed by atoms with Crippen LogP contribution >= 0.6 is 0 Å². The van der Waals surface area contributed by atoms with E-state index in [-0.39, 0.29) is 5.91 Å². The van der Waals surface area contributed by atoms with Crippen LogP contribution in [-0.4, -0.2) is 21.0 Å². The van der Waals surface area contributed by atoms with E-state index in [1.807, 2.05) is 18.2 Å². The SMILES string of the molecule is CNC(=O)c1ccccc1C[Si](C)(C)C. The van der Waals surface area contributed by atoms with Gasteiger partial charge in [-0.05, 0) is 17.7 Å². The fraction of sp³-hybridized carbons (Fsp3) is 0.417. The van der Waals surface area contributed by atoms with Gasteiger partial charge in [-0.2, -0.15) is 0 Å². The lowest BCUT2D eigenvalue weighted by Crippen LogP contribution is -2.27. The molecule has 0 saturated carbocycles. The molecule has 0 radical (unpaired) electrons. The Labute approximate surface area is 92.7 Å². The highest BCUT2D eigenvalue weighted by Gasteiger charge is 2.17. The van der Waals surface area contributed by atoms with Crippen LogP contribution in [0.5, 0.6) is 0 Å².